The zero-order valence-electron chi connectivity index (χ0n) is 14.8. The lowest BCUT2D eigenvalue weighted by Gasteiger charge is -2.09. The largest absolute Gasteiger partial charge is 0.463 e. The number of hydrogen-bond acceptors (Lipinski definition) is 5. The van der Waals surface area contributed by atoms with Crippen LogP contribution in [0.3, 0.4) is 0 Å². The van der Waals surface area contributed by atoms with Crippen molar-refractivity contribution in [1.29, 1.82) is 0 Å². The number of esters is 1. The first-order valence-electron chi connectivity index (χ1n) is 8.70. The Kier molecular flexibility index (Phi) is 5.39. The lowest BCUT2D eigenvalue weighted by Crippen LogP contribution is -2.09. The highest BCUT2D eigenvalue weighted by molar-refractivity contribution is 7.99. The predicted molar refractivity (Wildman–Crippen MR) is 107 cm³/mol. The van der Waals surface area contributed by atoms with Crippen molar-refractivity contribution in [3.8, 4) is 11.5 Å². The van der Waals surface area contributed by atoms with E-state index in [2.05, 4.69) is 4.98 Å². The number of pyridine rings is 1. The van der Waals surface area contributed by atoms with Crippen LogP contribution in [0.4, 0.5) is 4.39 Å². The van der Waals surface area contributed by atoms with Gasteiger partial charge in [0.25, 0.3) is 0 Å². The fourth-order valence-corrected chi connectivity index (χ4v) is 3.59. The number of furan rings is 1. The van der Waals surface area contributed by atoms with E-state index in [4.69, 9.17) is 9.15 Å². The smallest absolute Gasteiger partial charge is 0.338 e. The quantitative estimate of drug-likeness (QED) is 0.243. The topological polar surface area (TPSA) is 52.3 Å². The Morgan fingerprint density at radius 3 is 2.71 bits per heavy atom. The summed E-state index contributed by atoms with van der Waals surface area (Å²) in [5, 5.41) is 0.713. The molecular formula is C22H16FNO3S. The van der Waals surface area contributed by atoms with Crippen LogP contribution < -0.4 is 0 Å². The summed E-state index contributed by atoms with van der Waals surface area (Å²) in [6.07, 6.45) is 1.56. The highest BCUT2D eigenvalue weighted by Gasteiger charge is 2.16. The SMILES string of the molecule is O=C(OCCSc1ccccc1F)c1cc(-c2ccco2)nc2ccccc12. The monoisotopic (exact) mass is 393 g/mol. The van der Waals surface area contributed by atoms with Gasteiger partial charge < -0.3 is 9.15 Å². The van der Waals surface area contributed by atoms with E-state index in [0.717, 1.165) is 0 Å². The molecule has 0 unspecified atom stereocenters. The second-order valence-electron chi connectivity index (χ2n) is 5.96. The van der Waals surface area contributed by atoms with Gasteiger partial charge in [0.1, 0.15) is 18.1 Å². The van der Waals surface area contributed by atoms with Gasteiger partial charge in [0.15, 0.2) is 5.76 Å². The summed E-state index contributed by atoms with van der Waals surface area (Å²) in [7, 11) is 0. The molecule has 140 valence electrons. The van der Waals surface area contributed by atoms with E-state index in [1.54, 1.807) is 42.7 Å². The molecule has 0 fully saturated rings. The number of fused-ring (bicyclic) bond motifs is 1. The Labute approximate surface area is 165 Å². The highest BCUT2D eigenvalue weighted by atomic mass is 32.2. The third-order valence-electron chi connectivity index (χ3n) is 4.12. The van der Waals surface area contributed by atoms with Crippen molar-refractivity contribution >= 4 is 28.6 Å². The zero-order chi connectivity index (χ0) is 19.3. The van der Waals surface area contributed by atoms with E-state index in [-0.39, 0.29) is 12.4 Å². The molecule has 0 N–H and O–H groups in total. The number of benzene rings is 2. The van der Waals surface area contributed by atoms with Crippen LogP contribution in [0.15, 0.2) is 82.3 Å². The van der Waals surface area contributed by atoms with Crippen molar-refractivity contribution in [3.05, 3.63) is 84.4 Å². The number of carbonyl (C=O) groups is 1. The molecule has 2 aromatic heterocycles. The Morgan fingerprint density at radius 2 is 1.89 bits per heavy atom. The Bertz CT molecular complexity index is 1110. The summed E-state index contributed by atoms with van der Waals surface area (Å²) >= 11 is 1.31. The summed E-state index contributed by atoms with van der Waals surface area (Å²) in [4.78, 5) is 17.8. The first-order valence-corrected chi connectivity index (χ1v) is 9.69. The van der Waals surface area contributed by atoms with E-state index < -0.39 is 5.97 Å². The molecule has 0 bridgehead atoms. The van der Waals surface area contributed by atoms with Crippen LogP contribution in [0, 0.1) is 5.82 Å². The molecule has 0 aliphatic heterocycles. The van der Waals surface area contributed by atoms with Gasteiger partial charge in [-0.25, -0.2) is 14.2 Å². The molecule has 6 heteroatoms. The lowest BCUT2D eigenvalue weighted by molar-refractivity contribution is 0.0532. The summed E-state index contributed by atoms with van der Waals surface area (Å²) in [6, 6.07) is 19.1. The predicted octanol–water partition coefficient (Wildman–Crippen LogP) is 5.58. The molecule has 0 saturated carbocycles. The van der Waals surface area contributed by atoms with Crippen molar-refractivity contribution in [3.63, 3.8) is 0 Å². The minimum absolute atomic E-state index is 0.171. The summed E-state index contributed by atoms with van der Waals surface area (Å²) < 4.78 is 24.5. The number of carbonyl (C=O) groups excluding carboxylic acids is 1. The molecule has 4 nitrogen and oxygen atoms in total. The van der Waals surface area contributed by atoms with Crippen LogP contribution in [0.25, 0.3) is 22.4 Å². The third kappa shape index (κ3) is 3.92. The number of para-hydroxylation sites is 1. The van der Waals surface area contributed by atoms with Crippen molar-refractivity contribution in [2.45, 2.75) is 4.90 Å². The molecule has 0 aliphatic rings. The van der Waals surface area contributed by atoms with Crippen LogP contribution in [0.2, 0.25) is 0 Å². The van der Waals surface area contributed by atoms with Crippen LogP contribution in [0.1, 0.15) is 10.4 Å². The first kappa shape index (κ1) is 18.3. The van der Waals surface area contributed by atoms with Gasteiger partial charge in [-0.1, -0.05) is 30.3 Å². The number of nitrogens with zero attached hydrogens (tertiary/aromatic N) is 1. The number of rotatable bonds is 6. The minimum atomic E-state index is -0.444. The fourth-order valence-electron chi connectivity index (χ4n) is 2.82. The van der Waals surface area contributed by atoms with E-state index >= 15 is 0 Å². The van der Waals surface area contributed by atoms with Crippen molar-refractivity contribution in [1.82, 2.24) is 4.98 Å². The van der Waals surface area contributed by atoms with Gasteiger partial charge in [-0.2, -0.15) is 0 Å². The van der Waals surface area contributed by atoms with Gasteiger partial charge in [-0.15, -0.1) is 11.8 Å². The molecule has 4 aromatic rings. The van der Waals surface area contributed by atoms with E-state index in [1.807, 2.05) is 24.3 Å². The second-order valence-corrected chi connectivity index (χ2v) is 7.10. The number of hydrogen-bond donors (Lipinski definition) is 0. The average molecular weight is 393 g/mol. The second kappa shape index (κ2) is 8.27. The molecular weight excluding hydrogens is 377 g/mol. The number of aromatic nitrogens is 1. The molecule has 2 aromatic carbocycles. The van der Waals surface area contributed by atoms with Crippen molar-refractivity contribution in [2.24, 2.45) is 0 Å². The average Bonchev–Trinajstić information content (AvgIpc) is 3.26. The maximum absolute atomic E-state index is 13.6. The molecule has 0 saturated heterocycles. The molecule has 0 radical (unpaired) electrons. The summed E-state index contributed by atoms with van der Waals surface area (Å²) in [6.45, 7) is 0.171. The Morgan fingerprint density at radius 1 is 1.07 bits per heavy atom. The van der Waals surface area contributed by atoms with Crippen LogP contribution in [-0.4, -0.2) is 23.3 Å². The highest BCUT2D eigenvalue weighted by Crippen LogP contribution is 2.26. The van der Waals surface area contributed by atoms with Crippen molar-refractivity contribution < 1.29 is 18.3 Å². The molecule has 0 aliphatic carbocycles. The molecule has 28 heavy (non-hydrogen) atoms. The maximum Gasteiger partial charge on any atom is 0.338 e. The normalized spacial score (nSPS) is 10.9. The van der Waals surface area contributed by atoms with Crippen LogP contribution in [-0.2, 0) is 4.74 Å². The van der Waals surface area contributed by atoms with Crippen molar-refractivity contribution in [2.75, 3.05) is 12.4 Å². The number of thioether (sulfide) groups is 1. The van der Waals surface area contributed by atoms with Crippen LogP contribution in [0.5, 0.6) is 0 Å². The Balaban J connectivity index is 1.51. The third-order valence-corrected chi connectivity index (χ3v) is 5.13. The van der Waals surface area contributed by atoms with Gasteiger partial charge in [-0.05, 0) is 36.4 Å². The standard InChI is InChI=1S/C22H16FNO3S/c23-17-7-2-4-10-21(17)28-13-12-27-22(25)16-14-19(20-9-5-11-26-20)24-18-8-3-1-6-15(16)18/h1-11,14H,12-13H2. The molecule has 0 amide bonds. The van der Waals surface area contributed by atoms with Gasteiger partial charge in [0.05, 0.1) is 17.3 Å². The summed E-state index contributed by atoms with van der Waals surface area (Å²) in [5.74, 6) is 0.318. The van der Waals surface area contributed by atoms with Gasteiger partial charge >= 0.3 is 5.97 Å². The van der Waals surface area contributed by atoms with Gasteiger partial charge in [0, 0.05) is 16.0 Å². The van der Waals surface area contributed by atoms with Crippen LogP contribution >= 0.6 is 11.8 Å². The first-order chi connectivity index (χ1) is 13.7. The molecule has 0 spiro atoms. The van der Waals surface area contributed by atoms with E-state index in [0.29, 0.717) is 38.6 Å². The van der Waals surface area contributed by atoms with Gasteiger partial charge in [-0.3, -0.25) is 0 Å². The van der Waals surface area contributed by atoms with E-state index in [9.17, 15) is 9.18 Å². The molecule has 4 rings (SSSR count). The zero-order valence-corrected chi connectivity index (χ0v) is 15.6. The fraction of sp³-hybridized carbons (Fsp3) is 0.0909. The molecule has 2 heterocycles. The number of halogens is 1. The molecule has 0 atom stereocenters. The van der Waals surface area contributed by atoms with E-state index in [1.165, 1.54) is 17.8 Å². The minimum Gasteiger partial charge on any atom is -0.463 e. The van der Waals surface area contributed by atoms with Gasteiger partial charge in [0.2, 0.25) is 0 Å². The Hall–Kier alpha value is -3.12. The lowest BCUT2D eigenvalue weighted by atomic mass is 10.1. The summed E-state index contributed by atoms with van der Waals surface area (Å²) in [5.41, 5.74) is 1.67. The number of ether oxygens (including phenoxy) is 1. The maximum atomic E-state index is 13.6.